The molecule has 1 amide bonds. The van der Waals surface area contributed by atoms with Crippen LogP contribution in [0.2, 0.25) is 0 Å². The van der Waals surface area contributed by atoms with Crippen molar-refractivity contribution in [2.45, 2.75) is 25.1 Å². The molecule has 1 aliphatic rings. The van der Waals surface area contributed by atoms with Crippen molar-refractivity contribution in [1.29, 1.82) is 5.26 Å². The molecule has 2 N–H and O–H groups in total. The summed E-state index contributed by atoms with van der Waals surface area (Å²) in [4.78, 5) is 12.9. The number of aliphatic hydroxyl groups is 1. The molecule has 1 saturated heterocycles. The molecular weight excluding hydrogens is 373 g/mol. The van der Waals surface area contributed by atoms with Gasteiger partial charge in [-0.15, -0.1) is 0 Å². The van der Waals surface area contributed by atoms with Crippen molar-refractivity contribution < 1.29 is 19.0 Å². The number of hydrogen-bond donors (Lipinski definition) is 2. The summed E-state index contributed by atoms with van der Waals surface area (Å²) in [5, 5.41) is 22.0. The fourth-order valence-electron chi connectivity index (χ4n) is 3.63. The highest BCUT2D eigenvalue weighted by Crippen LogP contribution is 2.26. The number of rotatable bonds is 4. The van der Waals surface area contributed by atoms with Crippen LogP contribution in [0.15, 0.2) is 48.7 Å². The van der Waals surface area contributed by atoms with Gasteiger partial charge in [-0.1, -0.05) is 18.2 Å². The molecular formula is C22H20FN3O3. The molecule has 0 bridgehead atoms. The lowest BCUT2D eigenvalue weighted by molar-refractivity contribution is -0.0260. The molecule has 2 atom stereocenters. The van der Waals surface area contributed by atoms with Crippen LogP contribution < -0.4 is 5.32 Å². The Morgan fingerprint density at radius 2 is 2.10 bits per heavy atom. The number of aliphatic hydroxyl groups excluding tert-OH is 1. The Hall–Kier alpha value is -3.21. The zero-order chi connectivity index (χ0) is 20.4. The highest BCUT2D eigenvalue weighted by Gasteiger charge is 2.27. The van der Waals surface area contributed by atoms with E-state index in [9.17, 15) is 14.3 Å². The summed E-state index contributed by atoms with van der Waals surface area (Å²) < 4.78 is 21.6. The van der Waals surface area contributed by atoms with Crippen LogP contribution in [0.5, 0.6) is 0 Å². The summed E-state index contributed by atoms with van der Waals surface area (Å²) in [7, 11) is 0. The maximum absolute atomic E-state index is 14.6. The largest absolute Gasteiger partial charge is 0.389 e. The minimum Gasteiger partial charge on any atom is -0.389 e. The molecule has 3 aromatic rings. The summed E-state index contributed by atoms with van der Waals surface area (Å²) >= 11 is 0. The average Bonchev–Trinajstić information content (AvgIpc) is 3.10. The van der Waals surface area contributed by atoms with Gasteiger partial charge in [-0.05, 0) is 36.2 Å². The van der Waals surface area contributed by atoms with Crippen molar-refractivity contribution in [3.63, 3.8) is 0 Å². The second kappa shape index (κ2) is 8.03. The molecule has 6 nitrogen and oxygen atoms in total. The third-order valence-electron chi connectivity index (χ3n) is 5.18. The molecule has 7 heteroatoms. The van der Waals surface area contributed by atoms with Gasteiger partial charge in [0.1, 0.15) is 5.82 Å². The van der Waals surface area contributed by atoms with Gasteiger partial charge in [0.25, 0.3) is 5.91 Å². The number of aromatic nitrogens is 1. The van der Waals surface area contributed by atoms with E-state index in [0.717, 1.165) is 5.56 Å². The average molecular weight is 393 g/mol. The molecule has 0 radical (unpaired) electrons. The van der Waals surface area contributed by atoms with Crippen LogP contribution >= 0.6 is 0 Å². The lowest BCUT2D eigenvalue weighted by Crippen LogP contribution is -2.48. The first-order chi connectivity index (χ1) is 14.1. The fraction of sp³-hybridized carbons (Fsp3) is 0.273. The van der Waals surface area contributed by atoms with Crippen LogP contribution in [-0.4, -0.2) is 40.9 Å². The minimum absolute atomic E-state index is 0.166. The standard InChI is InChI=1S/C22H20FN3O3/c23-17-2-1-3-19-21(17)16(22(28)25-18-8-9-29-13-20(18)27)12-26(19)11-15-6-4-14(10-24)5-7-15/h1-7,12,18,20,27H,8-9,11,13H2,(H,25,28). The zero-order valence-corrected chi connectivity index (χ0v) is 15.6. The molecule has 4 rings (SSSR count). The van der Waals surface area contributed by atoms with Gasteiger partial charge in [-0.2, -0.15) is 5.26 Å². The molecule has 1 fully saturated rings. The van der Waals surface area contributed by atoms with E-state index in [-0.39, 0.29) is 17.6 Å². The van der Waals surface area contributed by atoms with Crippen LogP contribution in [-0.2, 0) is 11.3 Å². The molecule has 0 aliphatic carbocycles. The number of carbonyl (C=O) groups is 1. The quantitative estimate of drug-likeness (QED) is 0.713. The van der Waals surface area contributed by atoms with Gasteiger partial charge in [-0.25, -0.2) is 4.39 Å². The summed E-state index contributed by atoms with van der Waals surface area (Å²) in [5.74, 6) is -0.900. The molecule has 29 heavy (non-hydrogen) atoms. The van der Waals surface area contributed by atoms with Crippen molar-refractivity contribution in [2.75, 3.05) is 13.2 Å². The lowest BCUT2D eigenvalue weighted by Gasteiger charge is -2.28. The Balaban J connectivity index is 1.67. The third-order valence-corrected chi connectivity index (χ3v) is 5.18. The van der Waals surface area contributed by atoms with Crippen molar-refractivity contribution in [3.8, 4) is 6.07 Å². The highest BCUT2D eigenvalue weighted by molar-refractivity contribution is 6.07. The fourth-order valence-corrected chi connectivity index (χ4v) is 3.63. The SMILES string of the molecule is N#Cc1ccc(Cn2cc(C(=O)NC3CCOCC3O)c3c(F)cccc32)cc1. The Morgan fingerprint density at radius 1 is 1.31 bits per heavy atom. The molecule has 2 heterocycles. The van der Waals surface area contributed by atoms with Crippen molar-refractivity contribution in [3.05, 3.63) is 71.2 Å². The first kappa shape index (κ1) is 19.1. The summed E-state index contributed by atoms with van der Waals surface area (Å²) in [6, 6.07) is 13.5. The van der Waals surface area contributed by atoms with E-state index < -0.39 is 23.9 Å². The van der Waals surface area contributed by atoms with Crippen molar-refractivity contribution in [2.24, 2.45) is 0 Å². The lowest BCUT2D eigenvalue weighted by atomic mass is 10.1. The smallest absolute Gasteiger partial charge is 0.253 e. The molecule has 2 unspecified atom stereocenters. The molecule has 1 aliphatic heterocycles. The van der Waals surface area contributed by atoms with Gasteiger partial charge >= 0.3 is 0 Å². The number of halogens is 1. The van der Waals surface area contributed by atoms with Crippen LogP contribution in [0.25, 0.3) is 10.9 Å². The second-order valence-corrected chi connectivity index (χ2v) is 7.12. The first-order valence-corrected chi connectivity index (χ1v) is 9.40. The minimum atomic E-state index is -0.787. The molecule has 2 aromatic carbocycles. The highest BCUT2D eigenvalue weighted by atomic mass is 19.1. The van der Waals surface area contributed by atoms with E-state index in [0.29, 0.717) is 30.7 Å². The number of nitrogens with one attached hydrogen (secondary N) is 1. The van der Waals surface area contributed by atoms with Gasteiger partial charge in [0.15, 0.2) is 0 Å². The van der Waals surface area contributed by atoms with Gasteiger partial charge < -0.3 is 19.7 Å². The van der Waals surface area contributed by atoms with Crippen LogP contribution in [0, 0.1) is 17.1 Å². The van der Waals surface area contributed by atoms with Gasteiger partial charge in [0, 0.05) is 24.7 Å². The number of carbonyl (C=O) groups excluding carboxylic acids is 1. The number of hydrogen-bond acceptors (Lipinski definition) is 4. The molecule has 148 valence electrons. The number of fused-ring (bicyclic) bond motifs is 1. The number of ether oxygens (including phenoxy) is 1. The third kappa shape index (κ3) is 3.86. The van der Waals surface area contributed by atoms with E-state index in [1.807, 2.05) is 16.7 Å². The van der Waals surface area contributed by atoms with Crippen LogP contribution in [0.3, 0.4) is 0 Å². The van der Waals surface area contributed by atoms with Crippen molar-refractivity contribution in [1.82, 2.24) is 9.88 Å². The molecule has 1 aromatic heterocycles. The normalized spacial score (nSPS) is 19.1. The summed E-state index contributed by atoms with van der Waals surface area (Å²) in [6.45, 7) is 1.05. The number of amides is 1. The first-order valence-electron chi connectivity index (χ1n) is 9.40. The summed E-state index contributed by atoms with van der Waals surface area (Å²) in [5.41, 5.74) is 2.32. The van der Waals surface area contributed by atoms with Gasteiger partial charge in [0.2, 0.25) is 0 Å². The summed E-state index contributed by atoms with van der Waals surface area (Å²) in [6.07, 6.45) is 1.34. The van der Waals surface area contributed by atoms with E-state index in [4.69, 9.17) is 10.00 Å². The predicted molar refractivity (Wildman–Crippen MR) is 105 cm³/mol. The Kier molecular flexibility index (Phi) is 5.30. The van der Waals surface area contributed by atoms with Gasteiger partial charge in [-0.3, -0.25) is 4.79 Å². The molecule has 0 spiro atoms. The monoisotopic (exact) mass is 393 g/mol. The number of benzene rings is 2. The Labute approximate surface area is 167 Å². The maximum Gasteiger partial charge on any atom is 0.253 e. The van der Waals surface area contributed by atoms with Crippen molar-refractivity contribution >= 4 is 16.8 Å². The van der Waals surface area contributed by atoms with E-state index in [2.05, 4.69) is 11.4 Å². The van der Waals surface area contributed by atoms with E-state index in [1.54, 1.807) is 30.5 Å². The Bertz CT molecular complexity index is 1090. The number of nitrogens with zero attached hydrogens (tertiary/aromatic N) is 2. The van der Waals surface area contributed by atoms with E-state index >= 15 is 0 Å². The zero-order valence-electron chi connectivity index (χ0n) is 15.6. The molecule has 0 saturated carbocycles. The topological polar surface area (TPSA) is 87.3 Å². The van der Waals surface area contributed by atoms with Crippen LogP contribution in [0.1, 0.15) is 27.9 Å². The van der Waals surface area contributed by atoms with E-state index in [1.165, 1.54) is 6.07 Å². The number of nitriles is 1. The maximum atomic E-state index is 14.6. The van der Waals surface area contributed by atoms with Crippen LogP contribution in [0.4, 0.5) is 4.39 Å². The second-order valence-electron chi connectivity index (χ2n) is 7.12. The van der Waals surface area contributed by atoms with Gasteiger partial charge in [0.05, 0.1) is 41.5 Å². The Morgan fingerprint density at radius 3 is 2.83 bits per heavy atom. The predicted octanol–water partition coefficient (Wildman–Crippen LogP) is 2.58.